The van der Waals surface area contributed by atoms with E-state index in [1.165, 1.54) is 0 Å². The molecular formula is C16H22F3NO. The first-order chi connectivity index (χ1) is 9.90. The van der Waals surface area contributed by atoms with Gasteiger partial charge in [-0.05, 0) is 55.7 Å². The second kappa shape index (κ2) is 6.69. The number of halogens is 3. The van der Waals surface area contributed by atoms with Crippen molar-refractivity contribution in [3.8, 4) is 5.75 Å². The van der Waals surface area contributed by atoms with Crippen LogP contribution in [0.5, 0.6) is 5.75 Å². The summed E-state index contributed by atoms with van der Waals surface area (Å²) in [6.07, 6.45) is -1.83. The van der Waals surface area contributed by atoms with Gasteiger partial charge in [-0.2, -0.15) is 13.2 Å². The van der Waals surface area contributed by atoms with Crippen LogP contribution in [-0.4, -0.2) is 19.3 Å². The fraction of sp³-hybridized carbons (Fsp3) is 0.625. The van der Waals surface area contributed by atoms with E-state index in [2.05, 4.69) is 0 Å². The van der Waals surface area contributed by atoms with Crippen LogP contribution in [-0.2, 0) is 6.42 Å². The maximum atomic E-state index is 12.7. The lowest BCUT2D eigenvalue weighted by atomic mass is 9.77. The molecule has 0 aliphatic heterocycles. The highest BCUT2D eigenvalue weighted by atomic mass is 19.4. The van der Waals surface area contributed by atoms with Gasteiger partial charge in [0, 0.05) is 6.04 Å². The number of nitrogens with two attached hydrogens (primary N) is 1. The van der Waals surface area contributed by atoms with Gasteiger partial charge in [0.15, 0.2) is 0 Å². The van der Waals surface area contributed by atoms with Gasteiger partial charge < -0.3 is 10.5 Å². The minimum Gasteiger partial charge on any atom is -0.497 e. The van der Waals surface area contributed by atoms with Crippen molar-refractivity contribution in [2.45, 2.75) is 44.3 Å². The molecule has 1 unspecified atom stereocenters. The average Bonchev–Trinajstić information content (AvgIpc) is 2.46. The van der Waals surface area contributed by atoms with E-state index >= 15 is 0 Å². The van der Waals surface area contributed by atoms with Gasteiger partial charge in [-0.1, -0.05) is 12.1 Å². The largest absolute Gasteiger partial charge is 0.497 e. The van der Waals surface area contributed by atoms with Crippen LogP contribution in [0.3, 0.4) is 0 Å². The molecule has 1 aromatic carbocycles. The Labute approximate surface area is 123 Å². The number of hydrogen-bond donors (Lipinski definition) is 1. The third-order valence-electron chi connectivity index (χ3n) is 4.45. The van der Waals surface area contributed by atoms with Gasteiger partial charge in [-0.15, -0.1) is 0 Å². The lowest BCUT2D eigenvalue weighted by molar-refractivity contribution is -0.184. The predicted octanol–water partition coefficient (Wildman–Crippen LogP) is 3.93. The molecule has 1 aromatic rings. The molecule has 118 valence electrons. The van der Waals surface area contributed by atoms with E-state index in [0.717, 1.165) is 11.3 Å². The predicted molar refractivity (Wildman–Crippen MR) is 76.2 cm³/mol. The molecule has 5 heteroatoms. The molecule has 2 N–H and O–H groups in total. The molecule has 1 aliphatic rings. The lowest BCUT2D eigenvalue weighted by Gasteiger charge is -2.33. The molecule has 0 saturated heterocycles. The third-order valence-corrected chi connectivity index (χ3v) is 4.45. The molecule has 0 aromatic heterocycles. The van der Waals surface area contributed by atoms with Gasteiger partial charge in [0.05, 0.1) is 13.0 Å². The van der Waals surface area contributed by atoms with Crippen molar-refractivity contribution >= 4 is 0 Å². The van der Waals surface area contributed by atoms with Crippen molar-refractivity contribution in [1.82, 2.24) is 0 Å². The highest BCUT2D eigenvalue weighted by Crippen LogP contribution is 2.40. The van der Waals surface area contributed by atoms with Crippen molar-refractivity contribution in [3.63, 3.8) is 0 Å². The van der Waals surface area contributed by atoms with Crippen molar-refractivity contribution < 1.29 is 17.9 Å². The number of hydrogen-bond acceptors (Lipinski definition) is 2. The normalized spacial score (nSPS) is 24.6. The Balaban J connectivity index is 1.88. The van der Waals surface area contributed by atoms with E-state index in [0.29, 0.717) is 19.3 Å². The first-order valence-electron chi connectivity index (χ1n) is 7.35. The highest BCUT2D eigenvalue weighted by molar-refractivity contribution is 5.29. The first kappa shape index (κ1) is 16.1. The molecule has 1 fully saturated rings. The van der Waals surface area contributed by atoms with Gasteiger partial charge in [0.1, 0.15) is 5.75 Å². The topological polar surface area (TPSA) is 35.2 Å². The molecule has 0 bridgehead atoms. The molecule has 0 heterocycles. The summed E-state index contributed by atoms with van der Waals surface area (Å²) in [5.41, 5.74) is 7.27. The summed E-state index contributed by atoms with van der Waals surface area (Å²) < 4.78 is 43.1. The van der Waals surface area contributed by atoms with Crippen LogP contribution in [0.1, 0.15) is 31.2 Å². The van der Waals surface area contributed by atoms with Crippen molar-refractivity contribution in [3.05, 3.63) is 29.8 Å². The standard InChI is InChI=1S/C16H22F3NO/c1-21-14-4-2-3-11(9-14)10-15(20)12-5-7-13(8-6-12)16(17,18)19/h2-4,9,12-13,15H,5-8,10,20H2,1H3. The minimum absolute atomic E-state index is 0.0914. The molecule has 1 aliphatic carbocycles. The molecule has 0 spiro atoms. The summed E-state index contributed by atoms with van der Waals surface area (Å²) in [4.78, 5) is 0. The summed E-state index contributed by atoms with van der Waals surface area (Å²) in [6.45, 7) is 0. The summed E-state index contributed by atoms with van der Waals surface area (Å²) in [5.74, 6) is -0.187. The summed E-state index contributed by atoms with van der Waals surface area (Å²) in [7, 11) is 1.61. The Morgan fingerprint density at radius 2 is 1.90 bits per heavy atom. The quantitative estimate of drug-likeness (QED) is 0.914. The Hall–Kier alpha value is -1.23. The van der Waals surface area contributed by atoms with Crippen LogP contribution >= 0.6 is 0 Å². The zero-order valence-corrected chi connectivity index (χ0v) is 12.2. The number of methoxy groups -OCH3 is 1. The molecule has 2 rings (SSSR count). The van der Waals surface area contributed by atoms with Crippen LogP contribution in [0.4, 0.5) is 13.2 Å². The smallest absolute Gasteiger partial charge is 0.391 e. The monoisotopic (exact) mass is 301 g/mol. The van der Waals surface area contributed by atoms with Crippen LogP contribution in [0.25, 0.3) is 0 Å². The lowest BCUT2D eigenvalue weighted by Crippen LogP contribution is -2.37. The number of rotatable bonds is 4. The molecule has 1 saturated carbocycles. The zero-order chi connectivity index (χ0) is 15.5. The number of alkyl halides is 3. The van der Waals surface area contributed by atoms with Crippen molar-refractivity contribution in [1.29, 1.82) is 0 Å². The maximum Gasteiger partial charge on any atom is 0.391 e. The summed E-state index contributed by atoms with van der Waals surface area (Å²) >= 11 is 0. The van der Waals surface area contributed by atoms with Crippen LogP contribution in [0, 0.1) is 11.8 Å². The van der Waals surface area contributed by atoms with E-state index in [4.69, 9.17) is 10.5 Å². The maximum absolute atomic E-state index is 12.7. The highest BCUT2D eigenvalue weighted by Gasteiger charge is 2.42. The van der Waals surface area contributed by atoms with Crippen molar-refractivity contribution in [2.75, 3.05) is 7.11 Å². The van der Waals surface area contributed by atoms with Crippen LogP contribution < -0.4 is 10.5 Å². The number of ether oxygens (including phenoxy) is 1. The van der Waals surface area contributed by atoms with Gasteiger partial charge in [0.2, 0.25) is 0 Å². The van der Waals surface area contributed by atoms with E-state index in [1.807, 2.05) is 24.3 Å². The van der Waals surface area contributed by atoms with E-state index < -0.39 is 12.1 Å². The summed E-state index contributed by atoms with van der Waals surface area (Å²) in [5, 5.41) is 0. The molecule has 0 radical (unpaired) electrons. The van der Waals surface area contributed by atoms with Gasteiger partial charge >= 0.3 is 6.18 Å². The van der Waals surface area contributed by atoms with Gasteiger partial charge in [-0.3, -0.25) is 0 Å². The fourth-order valence-corrected chi connectivity index (χ4v) is 3.11. The van der Waals surface area contributed by atoms with E-state index in [9.17, 15) is 13.2 Å². The SMILES string of the molecule is COc1cccc(CC(N)C2CCC(C(F)(F)F)CC2)c1. The first-order valence-corrected chi connectivity index (χ1v) is 7.35. The zero-order valence-electron chi connectivity index (χ0n) is 12.2. The second-order valence-electron chi connectivity index (χ2n) is 5.87. The summed E-state index contributed by atoms with van der Waals surface area (Å²) in [6, 6.07) is 7.59. The molecule has 21 heavy (non-hydrogen) atoms. The number of benzene rings is 1. The molecule has 1 atom stereocenters. The molecule has 2 nitrogen and oxygen atoms in total. The van der Waals surface area contributed by atoms with Crippen LogP contribution in [0.2, 0.25) is 0 Å². The molecule has 0 amide bonds. The van der Waals surface area contributed by atoms with E-state index in [1.54, 1.807) is 7.11 Å². The van der Waals surface area contributed by atoms with Gasteiger partial charge in [-0.25, -0.2) is 0 Å². The van der Waals surface area contributed by atoms with Crippen molar-refractivity contribution in [2.24, 2.45) is 17.6 Å². The Morgan fingerprint density at radius 3 is 2.48 bits per heavy atom. The van der Waals surface area contributed by atoms with Gasteiger partial charge in [0.25, 0.3) is 0 Å². The Kier molecular flexibility index (Phi) is 5.14. The average molecular weight is 301 g/mol. The minimum atomic E-state index is -4.05. The Bertz CT molecular complexity index is 453. The third kappa shape index (κ3) is 4.37. The second-order valence-corrected chi connectivity index (χ2v) is 5.87. The Morgan fingerprint density at radius 1 is 1.24 bits per heavy atom. The van der Waals surface area contributed by atoms with E-state index in [-0.39, 0.29) is 24.8 Å². The van der Waals surface area contributed by atoms with Crippen LogP contribution in [0.15, 0.2) is 24.3 Å². The fourth-order valence-electron chi connectivity index (χ4n) is 3.11. The molecular weight excluding hydrogens is 279 g/mol.